The van der Waals surface area contributed by atoms with Gasteiger partial charge in [-0.2, -0.15) is 0 Å². The topological polar surface area (TPSA) is 69.6 Å². The predicted octanol–water partition coefficient (Wildman–Crippen LogP) is 1.73. The summed E-state index contributed by atoms with van der Waals surface area (Å²) >= 11 is 0. The van der Waals surface area contributed by atoms with Gasteiger partial charge in [-0.05, 0) is 43.9 Å². The Kier molecular flexibility index (Phi) is 4.86. The van der Waals surface area contributed by atoms with Gasteiger partial charge < -0.3 is 15.3 Å². The van der Waals surface area contributed by atoms with Crippen LogP contribution < -0.4 is 5.32 Å². The second kappa shape index (κ2) is 6.48. The first-order valence-corrected chi connectivity index (χ1v) is 7.62. The number of anilines is 1. The van der Waals surface area contributed by atoms with E-state index in [1.54, 1.807) is 25.8 Å². The number of carbonyl (C=O) groups excluding carboxylic acids is 2. The van der Waals surface area contributed by atoms with Gasteiger partial charge in [-0.1, -0.05) is 12.1 Å². The lowest BCUT2D eigenvalue weighted by Gasteiger charge is -2.25. The molecule has 0 radical (unpaired) electrons. The van der Waals surface area contributed by atoms with Gasteiger partial charge in [-0.15, -0.1) is 0 Å². The quantitative estimate of drug-likeness (QED) is 0.841. The summed E-state index contributed by atoms with van der Waals surface area (Å²) < 4.78 is 0. The van der Waals surface area contributed by atoms with Gasteiger partial charge >= 0.3 is 0 Å². The van der Waals surface area contributed by atoms with Crippen LogP contribution >= 0.6 is 0 Å². The molecule has 0 bridgehead atoms. The average Bonchev–Trinajstić information content (AvgIpc) is 2.75. The van der Waals surface area contributed by atoms with E-state index in [-0.39, 0.29) is 11.8 Å². The summed E-state index contributed by atoms with van der Waals surface area (Å²) in [6.45, 7) is 3.71. The lowest BCUT2D eigenvalue weighted by molar-refractivity contribution is -0.132. The number of fused-ring (bicyclic) bond motifs is 1. The van der Waals surface area contributed by atoms with E-state index in [0.717, 1.165) is 29.7 Å². The SMILES string of the molecule is CN(CC(C)(C)O)C(=O)CCCc1ccc2c(c1)CC(=O)N2. The Hall–Kier alpha value is -1.88. The molecule has 1 aliphatic rings. The van der Waals surface area contributed by atoms with E-state index in [1.165, 1.54) is 0 Å². The second-order valence-electron chi connectivity index (χ2n) is 6.63. The fourth-order valence-corrected chi connectivity index (χ4v) is 2.74. The van der Waals surface area contributed by atoms with Gasteiger partial charge in [-0.25, -0.2) is 0 Å². The van der Waals surface area contributed by atoms with Crippen LogP contribution in [0.2, 0.25) is 0 Å². The zero-order valence-corrected chi connectivity index (χ0v) is 13.5. The summed E-state index contributed by atoms with van der Waals surface area (Å²) in [4.78, 5) is 24.9. The van der Waals surface area contributed by atoms with E-state index >= 15 is 0 Å². The molecule has 0 spiro atoms. The van der Waals surface area contributed by atoms with Crippen molar-refractivity contribution in [3.63, 3.8) is 0 Å². The highest BCUT2D eigenvalue weighted by Crippen LogP contribution is 2.24. The maximum Gasteiger partial charge on any atom is 0.228 e. The van der Waals surface area contributed by atoms with Crippen LogP contribution in [0.4, 0.5) is 5.69 Å². The summed E-state index contributed by atoms with van der Waals surface area (Å²) in [6.07, 6.45) is 2.47. The molecule has 5 nitrogen and oxygen atoms in total. The molecule has 0 unspecified atom stereocenters. The minimum Gasteiger partial charge on any atom is -0.389 e. The normalized spacial score (nSPS) is 13.7. The molecule has 1 aromatic carbocycles. The van der Waals surface area contributed by atoms with Crippen molar-refractivity contribution in [2.75, 3.05) is 18.9 Å². The second-order valence-corrected chi connectivity index (χ2v) is 6.63. The summed E-state index contributed by atoms with van der Waals surface area (Å²) in [5.41, 5.74) is 2.21. The third kappa shape index (κ3) is 4.56. The van der Waals surface area contributed by atoms with Crippen LogP contribution in [0.3, 0.4) is 0 Å². The number of rotatable bonds is 6. The van der Waals surface area contributed by atoms with Crippen LogP contribution in [0.15, 0.2) is 18.2 Å². The van der Waals surface area contributed by atoms with Gasteiger partial charge in [0.25, 0.3) is 0 Å². The van der Waals surface area contributed by atoms with Crippen molar-refractivity contribution < 1.29 is 14.7 Å². The first-order chi connectivity index (χ1) is 10.2. The Bertz CT molecular complexity index is 576. The molecule has 0 aromatic heterocycles. The largest absolute Gasteiger partial charge is 0.389 e. The van der Waals surface area contributed by atoms with Crippen molar-refractivity contribution in [3.05, 3.63) is 29.3 Å². The summed E-state index contributed by atoms with van der Waals surface area (Å²) in [5, 5.41) is 12.5. The Morgan fingerprint density at radius 1 is 1.41 bits per heavy atom. The fraction of sp³-hybridized carbons (Fsp3) is 0.529. The Labute approximate surface area is 131 Å². The van der Waals surface area contributed by atoms with Crippen molar-refractivity contribution in [1.82, 2.24) is 4.90 Å². The fourth-order valence-electron chi connectivity index (χ4n) is 2.74. The van der Waals surface area contributed by atoms with Crippen molar-refractivity contribution >= 4 is 17.5 Å². The average molecular weight is 304 g/mol. The number of nitrogens with zero attached hydrogens (tertiary/aromatic N) is 1. The highest BCUT2D eigenvalue weighted by molar-refractivity contribution is 5.99. The van der Waals surface area contributed by atoms with Crippen LogP contribution in [-0.2, 0) is 22.4 Å². The number of nitrogens with one attached hydrogen (secondary N) is 1. The molecule has 0 atom stereocenters. The van der Waals surface area contributed by atoms with Crippen LogP contribution in [0.5, 0.6) is 0 Å². The van der Waals surface area contributed by atoms with Crippen molar-refractivity contribution in [2.24, 2.45) is 0 Å². The number of likely N-dealkylation sites (N-methyl/N-ethyl adjacent to an activating group) is 1. The van der Waals surface area contributed by atoms with Gasteiger partial charge in [0.15, 0.2) is 0 Å². The third-order valence-electron chi connectivity index (χ3n) is 3.70. The van der Waals surface area contributed by atoms with E-state index in [0.29, 0.717) is 19.4 Å². The number of benzene rings is 1. The first-order valence-electron chi connectivity index (χ1n) is 7.62. The number of aryl methyl sites for hydroxylation is 1. The lowest BCUT2D eigenvalue weighted by atomic mass is 10.0. The zero-order valence-electron chi connectivity index (χ0n) is 13.5. The molecule has 0 saturated carbocycles. The molecule has 0 aliphatic carbocycles. The van der Waals surface area contributed by atoms with Crippen molar-refractivity contribution in [1.29, 1.82) is 0 Å². The van der Waals surface area contributed by atoms with Crippen LogP contribution in [0.1, 0.15) is 37.8 Å². The van der Waals surface area contributed by atoms with Gasteiger partial charge in [0, 0.05) is 25.7 Å². The molecule has 120 valence electrons. The van der Waals surface area contributed by atoms with Gasteiger partial charge in [0.2, 0.25) is 11.8 Å². The van der Waals surface area contributed by atoms with Crippen molar-refractivity contribution in [3.8, 4) is 0 Å². The predicted molar refractivity (Wildman–Crippen MR) is 85.6 cm³/mol. The molecule has 5 heteroatoms. The van der Waals surface area contributed by atoms with Crippen molar-refractivity contribution in [2.45, 2.75) is 45.1 Å². The first kappa shape index (κ1) is 16.5. The third-order valence-corrected chi connectivity index (χ3v) is 3.70. The minimum atomic E-state index is -0.871. The Balaban J connectivity index is 1.81. The van der Waals surface area contributed by atoms with E-state index < -0.39 is 5.60 Å². The highest BCUT2D eigenvalue weighted by atomic mass is 16.3. The number of hydrogen-bond donors (Lipinski definition) is 2. The van der Waals surface area contributed by atoms with Crippen LogP contribution in [0, 0.1) is 0 Å². The summed E-state index contributed by atoms with van der Waals surface area (Å²) in [6, 6.07) is 5.96. The maximum atomic E-state index is 12.0. The molecule has 1 aliphatic heterocycles. The van der Waals surface area contributed by atoms with E-state index in [4.69, 9.17) is 0 Å². The molecule has 1 heterocycles. The zero-order chi connectivity index (χ0) is 16.3. The Morgan fingerprint density at radius 2 is 2.14 bits per heavy atom. The number of carbonyl (C=O) groups is 2. The molecule has 2 N–H and O–H groups in total. The van der Waals surface area contributed by atoms with Crippen LogP contribution in [0.25, 0.3) is 0 Å². The molecule has 0 saturated heterocycles. The summed E-state index contributed by atoms with van der Waals surface area (Å²) in [5.74, 6) is 0.0794. The molecular weight excluding hydrogens is 280 g/mol. The standard InChI is InChI=1S/C17H24N2O3/c1-17(2,22)11-19(3)16(21)6-4-5-12-7-8-14-13(9-12)10-15(20)18-14/h7-9,22H,4-6,10-11H2,1-3H3,(H,18,20). The van der Waals surface area contributed by atoms with Crippen LogP contribution in [-0.4, -0.2) is 41.0 Å². The van der Waals surface area contributed by atoms with Gasteiger partial charge in [0.1, 0.15) is 0 Å². The number of hydrogen-bond acceptors (Lipinski definition) is 3. The molecule has 1 aromatic rings. The molecule has 0 fully saturated rings. The van der Waals surface area contributed by atoms with E-state index in [9.17, 15) is 14.7 Å². The number of aliphatic hydroxyl groups is 1. The highest BCUT2D eigenvalue weighted by Gasteiger charge is 2.19. The van der Waals surface area contributed by atoms with Gasteiger partial charge in [-0.3, -0.25) is 9.59 Å². The molecule has 2 amide bonds. The molecular formula is C17H24N2O3. The Morgan fingerprint density at radius 3 is 2.82 bits per heavy atom. The minimum absolute atomic E-state index is 0.0376. The molecule has 22 heavy (non-hydrogen) atoms. The monoisotopic (exact) mass is 304 g/mol. The lowest BCUT2D eigenvalue weighted by Crippen LogP contribution is -2.39. The smallest absolute Gasteiger partial charge is 0.228 e. The van der Waals surface area contributed by atoms with E-state index in [2.05, 4.69) is 5.32 Å². The summed E-state index contributed by atoms with van der Waals surface area (Å²) in [7, 11) is 1.72. The maximum absolute atomic E-state index is 12.0. The van der Waals surface area contributed by atoms with Gasteiger partial charge in [0.05, 0.1) is 12.0 Å². The molecule has 2 rings (SSSR count). The number of amides is 2. The van der Waals surface area contributed by atoms with E-state index in [1.807, 2.05) is 18.2 Å².